The van der Waals surface area contributed by atoms with Crippen molar-refractivity contribution in [3.63, 3.8) is 0 Å². The Kier molecular flexibility index (Phi) is 12.5. The topological polar surface area (TPSA) is 137 Å². The van der Waals surface area contributed by atoms with Crippen molar-refractivity contribution in [2.24, 2.45) is 10.8 Å². The summed E-state index contributed by atoms with van der Waals surface area (Å²) in [6.07, 6.45) is 2.07. The molecule has 0 radical (unpaired) electrons. The first-order valence-electron chi connectivity index (χ1n) is 18.6. The molecule has 9 heteroatoms. The number of hydrogen-bond acceptors (Lipinski definition) is 7. The van der Waals surface area contributed by atoms with Crippen LogP contribution >= 0.6 is 0 Å². The Labute approximate surface area is 320 Å². The molecule has 0 aliphatic heterocycles. The van der Waals surface area contributed by atoms with E-state index in [1.165, 1.54) is 18.2 Å². The molecule has 0 saturated carbocycles. The van der Waals surface area contributed by atoms with Gasteiger partial charge in [-0.15, -0.1) is 0 Å². The first-order chi connectivity index (χ1) is 25.2. The molecule has 9 nitrogen and oxygen atoms in total. The lowest BCUT2D eigenvalue weighted by Gasteiger charge is -2.44. The van der Waals surface area contributed by atoms with Gasteiger partial charge in [0.05, 0.1) is 5.41 Å². The number of Topliss-reactive ketones (excluding diaryl/α,β-unsaturated/α-hetero) is 2. The maximum absolute atomic E-state index is 14.4. The fourth-order valence-corrected chi connectivity index (χ4v) is 6.70. The number of nitrogens with one attached hydrogen (secondary N) is 4. The van der Waals surface area contributed by atoms with Gasteiger partial charge in [0.2, 0.25) is 0 Å². The number of hydrogen-bond donors (Lipinski definition) is 5. The van der Waals surface area contributed by atoms with E-state index < -0.39 is 22.3 Å². The first-order valence-corrected chi connectivity index (χ1v) is 18.6. The number of phenols is 1. The average Bonchev–Trinajstić information content (AvgIpc) is 3.09. The number of carbonyl (C=O) groups excluding carboxylic acids is 4. The van der Waals surface area contributed by atoms with E-state index in [1.807, 2.05) is 93.5 Å². The SMILES string of the molecule is CCCC(C)(C)C(=O)c1cccc(C(=O)Nc2cccc(NC(C)(C)C(C)(CC)C(=O)c3cc(O)cc(C(=O)Nc4cccc(NC(C)(C)C)c4)c3)c2)c1. The fraction of sp³-hybridized carbons (Fsp3) is 0.378. The van der Waals surface area contributed by atoms with Crippen LogP contribution in [0, 0.1) is 10.8 Å². The minimum Gasteiger partial charge on any atom is -0.508 e. The largest absolute Gasteiger partial charge is 0.508 e. The highest BCUT2D eigenvalue weighted by Gasteiger charge is 2.46. The van der Waals surface area contributed by atoms with Gasteiger partial charge >= 0.3 is 0 Å². The Bertz CT molecular complexity index is 2030. The molecule has 1 unspecified atom stereocenters. The molecule has 0 saturated heterocycles. The van der Waals surface area contributed by atoms with Gasteiger partial charge in [-0.3, -0.25) is 19.2 Å². The van der Waals surface area contributed by atoms with Gasteiger partial charge in [0.25, 0.3) is 11.8 Å². The molecule has 0 bridgehead atoms. The summed E-state index contributed by atoms with van der Waals surface area (Å²) < 4.78 is 0. The van der Waals surface area contributed by atoms with Crippen molar-refractivity contribution in [3.8, 4) is 5.75 Å². The lowest BCUT2D eigenvalue weighted by atomic mass is 9.66. The zero-order valence-corrected chi connectivity index (χ0v) is 33.4. The standard InChI is InChI=1S/C45H56N4O5/c1-11-22-43(6,7)38(51)29-16-13-17-30(23-29)40(53)46-34-19-15-21-36(28-34)49-44(8,9)45(10,12-2)39(52)31-24-32(26-37(50)25-31)41(54)47-33-18-14-20-35(27-33)48-42(3,4)5/h13-21,23-28,48-50H,11-12,22H2,1-10H3,(H,46,53)(H,47,54). The molecule has 0 heterocycles. The van der Waals surface area contributed by atoms with Gasteiger partial charge in [-0.05, 0) is 114 Å². The summed E-state index contributed by atoms with van der Waals surface area (Å²) in [5.41, 5.74) is 1.34. The Hall–Kier alpha value is -5.44. The van der Waals surface area contributed by atoms with Crippen LogP contribution in [0.2, 0.25) is 0 Å². The van der Waals surface area contributed by atoms with Gasteiger partial charge < -0.3 is 26.4 Å². The first kappa shape index (κ1) is 41.3. The van der Waals surface area contributed by atoms with E-state index in [2.05, 4.69) is 21.3 Å². The van der Waals surface area contributed by atoms with E-state index in [9.17, 15) is 24.3 Å². The fourth-order valence-electron chi connectivity index (χ4n) is 6.70. The molecular formula is C45H56N4O5. The van der Waals surface area contributed by atoms with Crippen LogP contribution in [0.5, 0.6) is 5.75 Å². The second-order valence-corrected chi connectivity index (χ2v) is 16.5. The molecule has 0 spiro atoms. The Morgan fingerprint density at radius 3 is 1.59 bits per heavy atom. The zero-order chi connectivity index (χ0) is 40.1. The molecule has 2 amide bonds. The van der Waals surface area contributed by atoms with Crippen LogP contribution in [0.15, 0.2) is 91.0 Å². The molecule has 286 valence electrons. The molecular weight excluding hydrogens is 677 g/mol. The minimum atomic E-state index is -1.00. The molecule has 0 fully saturated rings. The smallest absolute Gasteiger partial charge is 0.255 e. The molecule has 4 aromatic carbocycles. The van der Waals surface area contributed by atoms with Crippen molar-refractivity contribution in [1.29, 1.82) is 0 Å². The van der Waals surface area contributed by atoms with Gasteiger partial charge in [0.1, 0.15) is 5.75 Å². The Morgan fingerprint density at radius 1 is 0.556 bits per heavy atom. The highest BCUT2D eigenvalue weighted by molar-refractivity contribution is 6.09. The van der Waals surface area contributed by atoms with Gasteiger partial charge in [0.15, 0.2) is 11.6 Å². The Morgan fingerprint density at radius 2 is 1.04 bits per heavy atom. The second-order valence-electron chi connectivity index (χ2n) is 16.5. The zero-order valence-electron chi connectivity index (χ0n) is 33.4. The number of carbonyl (C=O) groups is 4. The van der Waals surface area contributed by atoms with E-state index in [1.54, 1.807) is 48.5 Å². The highest BCUT2D eigenvalue weighted by Crippen LogP contribution is 2.41. The van der Waals surface area contributed by atoms with Crippen molar-refractivity contribution in [3.05, 3.63) is 113 Å². The van der Waals surface area contributed by atoms with Gasteiger partial charge in [0, 0.05) is 61.5 Å². The maximum Gasteiger partial charge on any atom is 0.255 e. The number of amides is 2. The molecule has 0 aromatic heterocycles. The highest BCUT2D eigenvalue weighted by atomic mass is 16.3. The second kappa shape index (κ2) is 16.3. The summed E-state index contributed by atoms with van der Waals surface area (Å²) in [6, 6.07) is 25.6. The van der Waals surface area contributed by atoms with Crippen molar-refractivity contribution in [2.45, 2.75) is 99.6 Å². The van der Waals surface area contributed by atoms with Crippen LogP contribution in [-0.4, -0.2) is 39.6 Å². The van der Waals surface area contributed by atoms with Crippen molar-refractivity contribution in [2.75, 3.05) is 21.3 Å². The van der Waals surface area contributed by atoms with Crippen LogP contribution in [-0.2, 0) is 0 Å². The summed E-state index contributed by atoms with van der Waals surface area (Å²) in [7, 11) is 0. The third-order valence-corrected chi connectivity index (χ3v) is 10.1. The summed E-state index contributed by atoms with van der Waals surface area (Å²) in [5, 5.41) is 23.4. The number of ketones is 2. The third-order valence-electron chi connectivity index (χ3n) is 10.1. The van der Waals surface area contributed by atoms with E-state index in [0.717, 1.165) is 18.5 Å². The summed E-state index contributed by atoms with van der Waals surface area (Å²) >= 11 is 0. The van der Waals surface area contributed by atoms with Gasteiger partial charge in [-0.2, -0.15) is 0 Å². The third kappa shape index (κ3) is 9.95. The Balaban J connectivity index is 1.52. The van der Waals surface area contributed by atoms with Crippen molar-refractivity contribution < 1.29 is 24.3 Å². The monoisotopic (exact) mass is 732 g/mol. The normalized spacial score (nSPS) is 13.0. The van der Waals surface area contributed by atoms with Crippen LogP contribution in [0.4, 0.5) is 22.7 Å². The molecule has 54 heavy (non-hydrogen) atoms. The summed E-state index contributed by atoms with van der Waals surface area (Å²) in [6.45, 7) is 19.7. The van der Waals surface area contributed by atoms with Crippen molar-refractivity contribution in [1.82, 2.24) is 0 Å². The van der Waals surface area contributed by atoms with E-state index in [0.29, 0.717) is 34.6 Å². The van der Waals surface area contributed by atoms with Crippen LogP contribution in [0.25, 0.3) is 0 Å². The van der Waals surface area contributed by atoms with Gasteiger partial charge in [-0.25, -0.2) is 0 Å². The van der Waals surface area contributed by atoms with E-state index in [-0.39, 0.29) is 39.9 Å². The molecule has 4 aromatic rings. The molecule has 4 rings (SSSR count). The lowest BCUT2D eigenvalue weighted by molar-refractivity contribution is 0.0708. The number of aromatic hydroxyl groups is 1. The summed E-state index contributed by atoms with van der Waals surface area (Å²) in [5.74, 6) is -1.24. The number of anilines is 4. The molecule has 0 aliphatic rings. The van der Waals surface area contributed by atoms with Crippen LogP contribution in [0.1, 0.15) is 130 Å². The molecule has 0 aliphatic carbocycles. The van der Waals surface area contributed by atoms with Crippen molar-refractivity contribution >= 4 is 46.1 Å². The number of rotatable bonds is 15. The average molecular weight is 733 g/mol. The van der Waals surface area contributed by atoms with E-state index in [4.69, 9.17) is 0 Å². The molecule has 5 N–H and O–H groups in total. The lowest BCUT2D eigenvalue weighted by Crippen LogP contribution is -2.52. The van der Waals surface area contributed by atoms with Gasteiger partial charge in [-0.1, -0.05) is 65.3 Å². The van der Waals surface area contributed by atoms with Crippen LogP contribution in [0.3, 0.4) is 0 Å². The quantitative estimate of drug-likeness (QED) is 0.0767. The minimum absolute atomic E-state index is 0.00118. The number of benzene rings is 4. The predicted molar refractivity (Wildman–Crippen MR) is 220 cm³/mol. The predicted octanol–water partition coefficient (Wildman–Crippen LogP) is 10.6. The van der Waals surface area contributed by atoms with E-state index >= 15 is 0 Å². The summed E-state index contributed by atoms with van der Waals surface area (Å²) in [4.78, 5) is 54.3. The molecule has 1 atom stereocenters. The number of phenolic OH excluding ortho intramolecular Hbond substituents is 1. The van der Waals surface area contributed by atoms with Crippen LogP contribution < -0.4 is 21.3 Å². The maximum atomic E-state index is 14.4.